The van der Waals surface area contributed by atoms with Gasteiger partial charge in [-0.1, -0.05) is 42.5 Å². The van der Waals surface area contributed by atoms with Gasteiger partial charge in [0.25, 0.3) is 0 Å². The molecule has 2 aromatic carbocycles. The average molecular weight is 342 g/mol. The van der Waals surface area contributed by atoms with Crippen LogP contribution in [0.25, 0.3) is 0 Å². The van der Waals surface area contributed by atoms with E-state index >= 15 is 0 Å². The fourth-order valence-electron chi connectivity index (χ4n) is 2.49. The number of hydrogen-bond donors (Lipinski definition) is 0. The van der Waals surface area contributed by atoms with Crippen LogP contribution in [0.15, 0.2) is 54.6 Å². The van der Waals surface area contributed by atoms with E-state index in [-0.39, 0.29) is 6.10 Å². The SMILES string of the molecule is COc1ccc(CO[C@@H](CC=O)CCCOCc2ccccc2)cc1. The molecule has 1 atom stereocenters. The second-order valence-corrected chi connectivity index (χ2v) is 5.86. The van der Waals surface area contributed by atoms with Crippen molar-refractivity contribution in [3.63, 3.8) is 0 Å². The van der Waals surface area contributed by atoms with Gasteiger partial charge in [0, 0.05) is 13.0 Å². The van der Waals surface area contributed by atoms with Crippen molar-refractivity contribution in [2.45, 2.75) is 38.6 Å². The van der Waals surface area contributed by atoms with Gasteiger partial charge in [-0.25, -0.2) is 0 Å². The van der Waals surface area contributed by atoms with Crippen LogP contribution in [0.5, 0.6) is 5.75 Å². The molecule has 0 radical (unpaired) electrons. The van der Waals surface area contributed by atoms with E-state index in [1.807, 2.05) is 54.6 Å². The van der Waals surface area contributed by atoms with E-state index in [4.69, 9.17) is 14.2 Å². The Morgan fingerprint density at radius 3 is 2.36 bits per heavy atom. The summed E-state index contributed by atoms with van der Waals surface area (Å²) >= 11 is 0. The molecule has 0 amide bonds. The van der Waals surface area contributed by atoms with Crippen LogP contribution in [0, 0.1) is 0 Å². The highest BCUT2D eigenvalue weighted by molar-refractivity contribution is 5.50. The molecule has 0 bridgehead atoms. The van der Waals surface area contributed by atoms with E-state index in [0.717, 1.165) is 30.4 Å². The van der Waals surface area contributed by atoms with Crippen LogP contribution in [-0.4, -0.2) is 26.1 Å². The highest BCUT2D eigenvalue weighted by Gasteiger charge is 2.09. The van der Waals surface area contributed by atoms with Gasteiger partial charge in [0.2, 0.25) is 0 Å². The van der Waals surface area contributed by atoms with Gasteiger partial charge in [0.1, 0.15) is 12.0 Å². The molecule has 0 unspecified atom stereocenters. The summed E-state index contributed by atoms with van der Waals surface area (Å²) < 4.78 is 16.7. The van der Waals surface area contributed by atoms with Gasteiger partial charge in [-0.3, -0.25) is 0 Å². The molecule has 4 heteroatoms. The first-order chi connectivity index (χ1) is 12.3. The molecule has 2 aromatic rings. The lowest BCUT2D eigenvalue weighted by Crippen LogP contribution is -2.14. The Morgan fingerprint density at radius 2 is 1.68 bits per heavy atom. The fourth-order valence-corrected chi connectivity index (χ4v) is 2.49. The maximum absolute atomic E-state index is 10.9. The van der Waals surface area contributed by atoms with Gasteiger partial charge in [0.15, 0.2) is 0 Å². The lowest BCUT2D eigenvalue weighted by molar-refractivity contribution is -0.111. The molecule has 0 aliphatic rings. The van der Waals surface area contributed by atoms with Crippen molar-refractivity contribution >= 4 is 6.29 Å². The Bertz CT molecular complexity index is 595. The number of methoxy groups -OCH3 is 1. The van der Waals surface area contributed by atoms with E-state index in [2.05, 4.69) is 0 Å². The quantitative estimate of drug-likeness (QED) is 0.429. The zero-order valence-electron chi connectivity index (χ0n) is 14.7. The van der Waals surface area contributed by atoms with E-state index < -0.39 is 0 Å². The van der Waals surface area contributed by atoms with E-state index in [1.165, 1.54) is 5.56 Å². The normalized spacial score (nSPS) is 11.9. The lowest BCUT2D eigenvalue weighted by atomic mass is 10.1. The Hall–Kier alpha value is -2.17. The molecule has 0 heterocycles. The molecule has 0 fully saturated rings. The molecule has 0 spiro atoms. The molecule has 0 saturated heterocycles. The highest BCUT2D eigenvalue weighted by atomic mass is 16.5. The van der Waals surface area contributed by atoms with Crippen LogP contribution >= 0.6 is 0 Å². The topological polar surface area (TPSA) is 44.8 Å². The third kappa shape index (κ3) is 7.50. The molecular formula is C21H26O4. The largest absolute Gasteiger partial charge is 0.497 e. The molecule has 4 nitrogen and oxygen atoms in total. The van der Waals surface area contributed by atoms with Crippen molar-refractivity contribution in [2.75, 3.05) is 13.7 Å². The van der Waals surface area contributed by atoms with Crippen molar-refractivity contribution in [3.05, 3.63) is 65.7 Å². The summed E-state index contributed by atoms with van der Waals surface area (Å²) in [6.07, 6.45) is 2.94. The summed E-state index contributed by atoms with van der Waals surface area (Å²) in [5, 5.41) is 0. The molecule has 0 saturated carbocycles. The van der Waals surface area contributed by atoms with Gasteiger partial charge >= 0.3 is 0 Å². The lowest BCUT2D eigenvalue weighted by Gasteiger charge is -2.16. The van der Waals surface area contributed by atoms with Gasteiger partial charge in [0.05, 0.1) is 26.4 Å². The van der Waals surface area contributed by atoms with Crippen LogP contribution in [0.2, 0.25) is 0 Å². The summed E-state index contributed by atoms with van der Waals surface area (Å²) in [5.74, 6) is 0.823. The molecule has 0 aliphatic carbocycles. The first-order valence-corrected chi connectivity index (χ1v) is 8.61. The highest BCUT2D eigenvalue weighted by Crippen LogP contribution is 2.14. The standard InChI is InChI=1S/C21H26O4/c1-23-20-11-9-19(10-12-20)17-25-21(13-14-22)8-5-15-24-16-18-6-3-2-4-7-18/h2-4,6-7,9-12,14,21H,5,8,13,15-17H2,1H3/t21-/m1/s1. The van der Waals surface area contributed by atoms with Crippen molar-refractivity contribution in [3.8, 4) is 5.75 Å². The number of rotatable bonds is 12. The number of benzene rings is 2. The van der Waals surface area contributed by atoms with Crippen LogP contribution in [-0.2, 0) is 27.5 Å². The van der Waals surface area contributed by atoms with Crippen LogP contribution in [0.4, 0.5) is 0 Å². The molecule has 134 valence electrons. The smallest absolute Gasteiger partial charge is 0.122 e. The van der Waals surface area contributed by atoms with Gasteiger partial charge in [-0.05, 0) is 36.1 Å². The van der Waals surface area contributed by atoms with Gasteiger partial charge in [-0.2, -0.15) is 0 Å². The maximum Gasteiger partial charge on any atom is 0.122 e. The fraction of sp³-hybridized carbons (Fsp3) is 0.381. The molecule has 0 aliphatic heterocycles. The number of carbonyl (C=O) groups excluding carboxylic acids is 1. The molecule has 0 N–H and O–H groups in total. The Morgan fingerprint density at radius 1 is 0.960 bits per heavy atom. The molecule has 2 rings (SSSR count). The summed E-state index contributed by atoms with van der Waals surface area (Å²) in [6, 6.07) is 17.9. The maximum atomic E-state index is 10.9. The predicted molar refractivity (Wildman–Crippen MR) is 97.6 cm³/mol. The van der Waals surface area contributed by atoms with Crippen molar-refractivity contribution in [1.29, 1.82) is 0 Å². The number of ether oxygens (including phenoxy) is 3. The van der Waals surface area contributed by atoms with Crippen molar-refractivity contribution in [1.82, 2.24) is 0 Å². The third-order valence-corrected chi connectivity index (χ3v) is 3.93. The number of aldehydes is 1. The third-order valence-electron chi connectivity index (χ3n) is 3.93. The first kappa shape index (κ1) is 19.2. The first-order valence-electron chi connectivity index (χ1n) is 8.61. The minimum Gasteiger partial charge on any atom is -0.497 e. The monoisotopic (exact) mass is 342 g/mol. The van der Waals surface area contributed by atoms with Gasteiger partial charge in [-0.15, -0.1) is 0 Å². The molecular weight excluding hydrogens is 316 g/mol. The van der Waals surface area contributed by atoms with Crippen LogP contribution in [0.3, 0.4) is 0 Å². The Balaban J connectivity index is 1.66. The predicted octanol–water partition coefficient (Wildman–Crippen LogP) is 4.17. The summed E-state index contributed by atoms with van der Waals surface area (Å²) in [4.78, 5) is 10.9. The second kappa shape index (κ2) is 11.4. The second-order valence-electron chi connectivity index (χ2n) is 5.86. The van der Waals surface area contributed by atoms with Crippen molar-refractivity contribution < 1.29 is 19.0 Å². The van der Waals surface area contributed by atoms with E-state index in [9.17, 15) is 4.79 Å². The minimum absolute atomic E-state index is 0.0695. The zero-order valence-corrected chi connectivity index (χ0v) is 14.7. The minimum atomic E-state index is -0.0695. The number of carbonyl (C=O) groups is 1. The summed E-state index contributed by atoms with van der Waals surface area (Å²) in [5.41, 5.74) is 2.24. The van der Waals surface area contributed by atoms with Crippen molar-refractivity contribution in [2.24, 2.45) is 0 Å². The van der Waals surface area contributed by atoms with E-state index in [0.29, 0.717) is 26.2 Å². The summed E-state index contributed by atoms with van der Waals surface area (Å²) in [7, 11) is 1.64. The zero-order chi connectivity index (χ0) is 17.7. The summed E-state index contributed by atoms with van der Waals surface area (Å²) in [6.45, 7) is 1.77. The average Bonchev–Trinajstić information content (AvgIpc) is 2.67. The van der Waals surface area contributed by atoms with Crippen LogP contribution in [0.1, 0.15) is 30.4 Å². The number of hydrogen-bond acceptors (Lipinski definition) is 4. The van der Waals surface area contributed by atoms with Crippen LogP contribution < -0.4 is 4.74 Å². The Labute approximate surface area is 149 Å². The Kier molecular flexibility index (Phi) is 8.73. The van der Waals surface area contributed by atoms with E-state index in [1.54, 1.807) is 7.11 Å². The van der Waals surface area contributed by atoms with Gasteiger partial charge < -0.3 is 19.0 Å². The molecule has 0 aromatic heterocycles. The molecule has 25 heavy (non-hydrogen) atoms.